The second-order valence-corrected chi connectivity index (χ2v) is 4.27. The summed E-state index contributed by atoms with van der Waals surface area (Å²) in [5.41, 5.74) is 0.998. The summed E-state index contributed by atoms with van der Waals surface area (Å²) in [6.45, 7) is 7.11. The van der Waals surface area contributed by atoms with Gasteiger partial charge < -0.3 is 10.2 Å². The first kappa shape index (κ1) is 13.9. The zero-order valence-corrected chi connectivity index (χ0v) is 11.2. The van der Waals surface area contributed by atoms with Crippen LogP contribution in [-0.2, 0) is 6.54 Å². The quantitative estimate of drug-likeness (QED) is 0.703. The standard InChI is InChI=1S/C13H24N4/c1-4-6-7-8-17(3)13-11-15-12(10-16-13)9-14-5-2/h10-11,14H,4-9H2,1-3H3. The molecule has 0 radical (unpaired) electrons. The topological polar surface area (TPSA) is 41.1 Å². The van der Waals surface area contributed by atoms with E-state index in [0.29, 0.717) is 0 Å². The molecule has 1 aromatic rings. The molecule has 0 saturated heterocycles. The van der Waals surface area contributed by atoms with Crippen LogP contribution in [0.3, 0.4) is 0 Å². The molecule has 0 bridgehead atoms. The number of hydrogen-bond donors (Lipinski definition) is 1. The molecule has 0 amide bonds. The van der Waals surface area contributed by atoms with Crippen LogP contribution in [0.2, 0.25) is 0 Å². The average Bonchev–Trinajstić information content (AvgIpc) is 2.37. The number of hydrogen-bond acceptors (Lipinski definition) is 4. The molecule has 0 spiro atoms. The summed E-state index contributed by atoms with van der Waals surface area (Å²) in [6.07, 6.45) is 7.46. The summed E-state index contributed by atoms with van der Waals surface area (Å²) < 4.78 is 0. The lowest BCUT2D eigenvalue weighted by atomic mass is 10.2. The van der Waals surface area contributed by atoms with Crippen molar-refractivity contribution in [3.8, 4) is 0 Å². The molecule has 0 aliphatic heterocycles. The van der Waals surface area contributed by atoms with E-state index in [1.807, 2.05) is 12.4 Å². The van der Waals surface area contributed by atoms with Gasteiger partial charge in [0.2, 0.25) is 0 Å². The van der Waals surface area contributed by atoms with Crippen molar-refractivity contribution < 1.29 is 0 Å². The lowest BCUT2D eigenvalue weighted by Gasteiger charge is -2.17. The maximum Gasteiger partial charge on any atom is 0.146 e. The Hall–Kier alpha value is -1.16. The Bertz CT molecular complexity index is 297. The molecular formula is C13H24N4. The largest absolute Gasteiger partial charge is 0.358 e. The molecule has 4 heteroatoms. The van der Waals surface area contributed by atoms with Crippen LogP contribution < -0.4 is 10.2 Å². The van der Waals surface area contributed by atoms with Gasteiger partial charge in [0.1, 0.15) is 5.82 Å². The van der Waals surface area contributed by atoms with Crippen molar-refractivity contribution in [3.05, 3.63) is 18.1 Å². The molecule has 17 heavy (non-hydrogen) atoms. The molecule has 1 heterocycles. The third-order valence-electron chi connectivity index (χ3n) is 2.74. The van der Waals surface area contributed by atoms with E-state index in [1.54, 1.807) is 0 Å². The normalized spacial score (nSPS) is 10.5. The monoisotopic (exact) mass is 236 g/mol. The maximum absolute atomic E-state index is 4.43. The lowest BCUT2D eigenvalue weighted by molar-refractivity contribution is 0.693. The average molecular weight is 236 g/mol. The van der Waals surface area contributed by atoms with E-state index in [9.17, 15) is 0 Å². The van der Waals surface area contributed by atoms with Gasteiger partial charge in [-0.1, -0.05) is 26.7 Å². The van der Waals surface area contributed by atoms with Crippen molar-refractivity contribution in [1.29, 1.82) is 0 Å². The third kappa shape index (κ3) is 5.13. The van der Waals surface area contributed by atoms with Gasteiger partial charge >= 0.3 is 0 Å². The van der Waals surface area contributed by atoms with Crippen molar-refractivity contribution >= 4 is 5.82 Å². The molecule has 0 aromatic carbocycles. The van der Waals surface area contributed by atoms with Crippen molar-refractivity contribution in [3.63, 3.8) is 0 Å². The Morgan fingerprint density at radius 1 is 1.18 bits per heavy atom. The van der Waals surface area contributed by atoms with E-state index >= 15 is 0 Å². The van der Waals surface area contributed by atoms with Crippen molar-refractivity contribution in [2.75, 3.05) is 25.0 Å². The minimum Gasteiger partial charge on any atom is -0.358 e. The number of rotatable bonds is 8. The molecule has 0 atom stereocenters. The highest BCUT2D eigenvalue weighted by atomic mass is 15.2. The Labute approximate surface area is 104 Å². The molecule has 96 valence electrons. The van der Waals surface area contributed by atoms with Gasteiger partial charge in [-0.05, 0) is 13.0 Å². The molecule has 0 aliphatic carbocycles. The third-order valence-corrected chi connectivity index (χ3v) is 2.74. The molecule has 1 aromatic heterocycles. The van der Waals surface area contributed by atoms with E-state index in [1.165, 1.54) is 19.3 Å². The van der Waals surface area contributed by atoms with E-state index in [4.69, 9.17) is 0 Å². The highest BCUT2D eigenvalue weighted by Crippen LogP contribution is 2.08. The number of nitrogens with zero attached hydrogens (tertiary/aromatic N) is 3. The SMILES string of the molecule is CCCCCN(C)c1cnc(CNCC)cn1. The molecule has 1 rings (SSSR count). The first-order chi connectivity index (χ1) is 8.27. The van der Waals surface area contributed by atoms with Crippen molar-refractivity contribution in [1.82, 2.24) is 15.3 Å². The molecule has 0 unspecified atom stereocenters. The minimum absolute atomic E-state index is 0.795. The summed E-state index contributed by atoms with van der Waals surface area (Å²) in [5.74, 6) is 0.960. The van der Waals surface area contributed by atoms with Crippen molar-refractivity contribution in [2.24, 2.45) is 0 Å². The first-order valence-electron chi connectivity index (χ1n) is 6.50. The van der Waals surface area contributed by atoms with E-state index in [0.717, 1.165) is 31.1 Å². The van der Waals surface area contributed by atoms with Gasteiger partial charge in [0.15, 0.2) is 0 Å². The summed E-state index contributed by atoms with van der Waals surface area (Å²) in [5, 5.41) is 3.24. The minimum atomic E-state index is 0.795. The van der Waals surface area contributed by atoms with Gasteiger partial charge in [-0.25, -0.2) is 4.98 Å². The van der Waals surface area contributed by atoms with Crippen LogP contribution in [0, 0.1) is 0 Å². The number of aromatic nitrogens is 2. The predicted molar refractivity (Wildman–Crippen MR) is 72.2 cm³/mol. The summed E-state index contributed by atoms with van der Waals surface area (Å²) in [4.78, 5) is 11.0. The number of anilines is 1. The van der Waals surface area contributed by atoms with Crippen LogP contribution >= 0.6 is 0 Å². The van der Waals surface area contributed by atoms with E-state index < -0.39 is 0 Å². The van der Waals surface area contributed by atoms with Gasteiger partial charge in [0, 0.05) is 20.1 Å². The fraction of sp³-hybridized carbons (Fsp3) is 0.692. The lowest BCUT2D eigenvalue weighted by Crippen LogP contribution is -2.20. The summed E-state index contributed by atoms with van der Waals surface area (Å²) in [7, 11) is 2.07. The van der Waals surface area contributed by atoms with E-state index in [-0.39, 0.29) is 0 Å². The van der Waals surface area contributed by atoms with Gasteiger partial charge in [-0.2, -0.15) is 0 Å². The molecule has 4 nitrogen and oxygen atoms in total. The predicted octanol–water partition coefficient (Wildman–Crippen LogP) is 2.21. The highest BCUT2D eigenvalue weighted by Gasteiger charge is 2.02. The van der Waals surface area contributed by atoms with Gasteiger partial charge in [-0.15, -0.1) is 0 Å². The van der Waals surface area contributed by atoms with Gasteiger partial charge in [-0.3, -0.25) is 4.98 Å². The van der Waals surface area contributed by atoms with Crippen LogP contribution in [0.1, 0.15) is 38.8 Å². The molecular weight excluding hydrogens is 212 g/mol. The Balaban J connectivity index is 2.43. The second-order valence-electron chi connectivity index (χ2n) is 4.27. The molecule has 0 saturated carbocycles. The number of nitrogens with one attached hydrogen (secondary N) is 1. The molecule has 0 fully saturated rings. The molecule has 0 aliphatic rings. The van der Waals surface area contributed by atoms with Crippen LogP contribution in [-0.4, -0.2) is 30.1 Å². The fourth-order valence-corrected chi connectivity index (χ4v) is 1.60. The Kier molecular flexibility index (Phi) is 6.55. The second kappa shape index (κ2) is 8.01. The number of unbranched alkanes of at least 4 members (excludes halogenated alkanes) is 2. The summed E-state index contributed by atoms with van der Waals surface area (Å²) in [6, 6.07) is 0. The molecule has 1 N–H and O–H groups in total. The van der Waals surface area contributed by atoms with Crippen LogP contribution in [0.4, 0.5) is 5.82 Å². The van der Waals surface area contributed by atoms with Gasteiger partial charge in [0.05, 0.1) is 18.1 Å². The first-order valence-corrected chi connectivity index (χ1v) is 6.50. The highest BCUT2D eigenvalue weighted by molar-refractivity contribution is 5.34. The summed E-state index contributed by atoms with van der Waals surface area (Å²) >= 11 is 0. The Morgan fingerprint density at radius 2 is 2.00 bits per heavy atom. The fourth-order valence-electron chi connectivity index (χ4n) is 1.60. The van der Waals surface area contributed by atoms with E-state index in [2.05, 4.69) is 41.1 Å². The van der Waals surface area contributed by atoms with Crippen LogP contribution in [0.15, 0.2) is 12.4 Å². The Morgan fingerprint density at radius 3 is 2.59 bits per heavy atom. The zero-order chi connectivity index (χ0) is 12.5. The van der Waals surface area contributed by atoms with Crippen LogP contribution in [0.25, 0.3) is 0 Å². The maximum atomic E-state index is 4.43. The van der Waals surface area contributed by atoms with Crippen molar-refractivity contribution in [2.45, 2.75) is 39.7 Å². The smallest absolute Gasteiger partial charge is 0.146 e. The van der Waals surface area contributed by atoms with Crippen LogP contribution in [0.5, 0.6) is 0 Å². The zero-order valence-electron chi connectivity index (χ0n) is 11.2. The van der Waals surface area contributed by atoms with Gasteiger partial charge in [0.25, 0.3) is 0 Å².